The standard InChI is InChI=1S/C19H34N2O30S5/c1-43-11-4(2-44-54(34,35)36)47-18(7(9(11)23)21-53(31,32)33)49-13-10(24)14(51-56(40,41)42)19(50-15(13)16(25)26)48-12-5(3-45-55(37,38)39)46-17(27)6(8(12)22)20-52(28,29)30/h4-15,17-24,27H,2-3H2,1H3,(H,25,26)(H,28,29,30)(H,31,32,33)(H,34,35,36)(H,37,38,39)(H,40,41,42)/t4-,5-,6-,7-,8-,9-,10+,11-,12-,13+,14-,15-,17+,18+,19-/m1/s1. The zero-order chi connectivity index (χ0) is 42.9. The summed E-state index contributed by atoms with van der Waals surface area (Å²) in [6, 6.07) is -4.71. The molecule has 3 saturated heterocycles. The summed E-state index contributed by atoms with van der Waals surface area (Å²) in [4.78, 5) is 12.4. The predicted molar refractivity (Wildman–Crippen MR) is 163 cm³/mol. The summed E-state index contributed by atoms with van der Waals surface area (Å²) in [5.41, 5.74) is 0. The Morgan fingerprint density at radius 2 is 1.05 bits per heavy atom. The summed E-state index contributed by atoms with van der Waals surface area (Å²) in [6.07, 6.45) is -32.4. The van der Waals surface area contributed by atoms with Crippen LogP contribution < -0.4 is 9.44 Å². The van der Waals surface area contributed by atoms with Crippen LogP contribution in [0, 0.1) is 0 Å². The fraction of sp³-hybridized carbons (Fsp3) is 0.947. The first-order chi connectivity index (χ1) is 25.3. The van der Waals surface area contributed by atoms with Crippen LogP contribution in [-0.4, -0.2) is 209 Å². The first-order valence-corrected chi connectivity index (χ1v) is 21.4. The van der Waals surface area contributed by atoms with Gasteiger partial charge in [0.15, 0.2) is 31.1 Å². The Bertz CT molecular complexity index is 1920. The predicted octanol–water partition coefficient (Wildman–Crippen LogP) is -8.55. The maximum atomic E-state index is 12.4. The molecule has 3 heterocycles. The molecule has 15 atom stereocenters. The molecule has 0 saturated carbocycles. The summed E-state index contributed by atoms with van der Waals surface area (Å²) in [5, 5.41) is 53.3. The molecule has 0 spiro atoms. The van der Waals surface area contributed by atoms with Crippen molar-refractivity contribution in [2.75, 3.05) is 20.3 Å². The number of carboxylic acid groups (broad SMARTS) is 1. The lowest BCUT2D eigenvalue weighted by molar-refractivity contribution is -0.357. The average molecular weight is 931 g/mol. The number of hydrogen-bond donors (Lipinski definition) is 12. The number of aliphatic hydroxyl groups excluding tert-OH is 4. The number of methoxy groups -OCH3 is 1. The lowest BCUT2D eigenvalue weighted by Gasteiger charge is -2.48. The third-order valence-corrected chi connectivity index (χ3v) is 10.0. The summed E-state index contributed by atoms with van der Waals surface area (Å²) in [5.74, 6) is -2.21. The van der Waals surface area contributed by atoms with E-state index in [4.69, 9.17) is 37.5 Å². The van der Waals surface area contributed by atoms with Crippen molar-refractivity contribution < 1.29 is 136 Å². The number of nitrogens with one attached hydrogen (secondary N) is 2. The van der Waals surface area contributed by atoms with Crippen LogP contribution in [0.3, 0.4) is 0 Å². The second-order valence-electron chi connectivity index (χ2n) is 11.4. The second-order valence-corrected chi connectivity index (χ2v) is 17.0. The Labute approximate surface area is 315 Å². The third-order valence-electron chi connectivity index (χ3n) is 7.55. The van der Waals surface area contributed by atoms with Crippen molar-refractivity contribution >= 4 is 57.8 Å². The SMILES string of the molecule is CO[C@H]1[C@H](O)[C@@H](NS(=O)(=O)O)[C@H](O[C@H]2[C@H](O)[C@@H](OS(=O)(=O)O)[C@H](O[C@H]3[C@H](O)[C@@H](NS(=O)(=O)O)[C@@H](O)O[C@@H]3COS(=O)(=O)O)O[C@H]2C(=O)O)O[C@@H]1COS(=O)(=O)O. The van der Waals surface area contributed by atoms with E-state index in [1.807, 2.05) is 0 Å². The first-order valence-electron chi connectivity index (χ1n) is 14.4. The third kappa shape index (κ3) is 14.0. The molecule has 3 aliphatic heterocycles. The highest BCUT2D eigenvalue weighted by atomic mass is 32.3. The molecular formula is C19H34N2O30S5. The van der Waals surface area contributed by atoms with Gasteiger partial charge in [-0.05, 0) is 0 Å². The molecule has 3 aliphatic rings. The molecule has 3 rings (SSSR count). The molecule has 330 valence electrons. The van der Waals surface area contributed by atoms with Crippen LogP contribution >= 0.6 is 0 Å². The molecule has 0 radical (unpaired) electrons. The van der Waals surface area contributed by atoms with E-state index in [2.05, 4.69) is 12.5 Å². The number of aliphatic hydroxyl groups is 4. The normalized spacial score (nSPS) is 37.9. The Morgan fingerprint density at radius 1 is 0.589 bits per heavy atom. The fourth-order valence-corrected chi connectivity index (χ4v) is 7.73. The molecule has 56 heavy (non-hydrogen) atoms. The molecule has 0 unspecified atom stereocenters. The van der Waals surface area contributed by atoms with E-state index in [9.17, 15) is 86.1 Å². The Kier molecular flexibility index (Phi) is 16.0. The van der Waals surface area contributed by atoms with E-state index in [1.165, 1.54) is 9.44 Å². The van der Waals surface area contributed by atoms with Crippen molar-refractivity contribution in [3.8, 4) is 0 Å². The lowest BCUT2D eigenvalue weighted by Crippen LogP contribution is -2.70. The second kappa shape index (κ2) is 18.4. The molecule has 3 fully saturated rings. The van der Waals surface area contributed by atoms with Gasteiger partial charge in [0.1, 0.15) is 60.9 Å². The van der Waals surface area contributed by atoms with Gasteiger partial charge in [-0.1, -0.05) is 0 Å². The maximum Gasteiger partial charge on any atom is 0.397 e. The van der Waals surface area contributed by atoms with E-state index in [1.54, 1.807) is 0 Å². The van der Waals surface area contributed by atoms with E-state index >= 15 is 0 Å². The van der Waals surface area contributed by atoms with Gasteiger partial charge in [-0.2, -0.15) is 51.5 Å². The van der Waals surface area contributed by atoms with Gasteiger partial charge < -0.3 is 54.0 Å². The lowest BCUT2D eigenvalue weighted by atomic mass is 9.95. The number of carboxylic acids is 1. The number of ether oxygens (including phenoxy) is 6. The Balaban J connectivity index is 2.09. The summed E-state index contributed by atoms with van der Waals surface area (Å²) in [6.45, 7) is -2.72. The van der Waals surface area contributed by atoms with Crippen LogP contribution in [0.15, 0.2) is 0 Å². The first kappa shape index (κ1) is 48.8. The molecule has 32 nitrogen and oxygen atoms in total. The van der Waals surface area contributed by atoms with Crippen LogP contribution in [0.25, 0.3) is 0 Å². The van der Waals surface area contributed by atoms with Gasteiger partial charge in [0.2, 0.25) is 0 Å². The van der Waals surface area contributed by atoms with E-state index in [0.29, 0.717) is 0 Å². The minimum atomic E-state index is -5.84. The van der Waals surface area contributed by atoms with Crippen molar-refractivity contribution in [2.45, 2.75) is 92.0 Å². The minimum Gasteiger partial charge on any atom is -0.479 e. The van der Waals surface area contributed by atoms with Crippen molar-refractivity contribution in [3.63, 3.8) is 0 Å². The Morgan fingerprint density at radius 3 is 1.50 bits per heavy atom. The van der Waals surface area contributed by atoms with Gasteiger partial charge in [0.05, 0.1) is 13.2 Å². The van der Waals surface area contributed by atoms with Crippen LogP contribution in [0.2, 0.25) is 0 Å². The quantitative estimate of drug-likeness (QED) is 0.0568. The van der Waals surface area contributed by atoms with Gasteiger partial charge >= 0.3 is 57.8 Å². The molecule has 0 aromatic heterocycles. The smallest absolute Gasteiger partial charge is 0.397 e. The van der Waals surface area contributed by atoms with Gasteiger partial charge in [-0.25, -0.2) is 17.3 Å². The number of carbonyl (C=O) groups is 1. The molecule has 0 amide bonds. The monoisotopic (exact) mass is 930 g/mol. The van der Waals surface area contributed by atoms with E-state index in [0.717, 1.165) is 7.11 Å². The molecule has 37 heteroatoms. The highest BCUT2D eigenvalue weighted by molar-refractivity contribution is 7.84. The van der Waals surface area contributed by atoms with Crippen LogP contribution in [0.1, 0.15) is 0 Å². The minimum absolute atomic E-state index is 0.857. The highest BCUT2D eigenvalue weighted by Crippen LogP contribution is 2.35. The van der Waals surface area contributed by atoms with Gasteiger partial charge in [0, 0.05) is 7.11 Å². The molecule has 0 aliphatic carbocycles. The van der Waals surface area contributed by atoms with E-state index < -0.39 is 163 Å². The van der Waals surface area contributed by atoms with Crippen molar-refractivity contribution in [1.82, 2.24) is 9.44 Å². The van der Waals surface area contributed by atoms with Gasteiger partial charge in [-0.3, -0.25) is 22.8 Å². The summed E-state index contributed by atoms with van der Waals surface area (Å²) in [7, 11) is -26.4. The van der Waals surface area contributed by atoms with Crippen molar-refractivity contribution in [1.29, 1.82) is 0 Å². The maximum absolute atomic E-state index is 12.4. The molecule has 0 aromatic carbocycles. The van der Waals surface area contributed by atoms with Crippen molar-refractivity contribution in [2.24, 2.45) is 0 Å². The Hall–Kier alpha value is -1.58. The molecule has 12 N–H and O–H groups in total. The fourth-order valence-electron chi connectivity index (χ4n) is 5.44. The van der Waals surface area contributed by atoms with Crippen LogP contribution in [0.4, 0.5) is 0 Å². The van der Waals surface area contributed by atoms with Gasteiger partial charge in [0.25, 0.3) is 0 Å². The highest BCUT2D eigenvalue weighted by Gasteiger charge is 2.58. The van der Waals surface area contributed by atoms with Gasteiger partial charge in [-0.15, -0.1) is 0 Å². The number of hydrogen-bond acceptors (Lipinski definition) is 24. The number of rotatable bonds is 18. The van der Waals surface area contributed by atoms with Crippen LogP contribution in [-0.2, 0) is 97.6 Å². The summed E-state index contributed by atoms with van der Waals surface area (Å²) >= 11 is 0. The summed E-state index contributed by atoms with van der Waals surface area (Å²) < 4.78 is 207. The molecule has 0 aromatic rings. The topological polar surface area (TPSA) is 497 Å². The number of aliphatic carboxylic acids is 1. The zero-order valence-electron chi connectivity index (χ0n) is 27.3. The zero-order valence-corrected chi connectivity index (χ0v) is 31.3. The van der Waals surface area contributed by atoms with E-state index in [-0.39, 0.29) is 0 Å². The largest absolute Gasteiger partial charge is 0.479 e. The molecule has 0 bridgehead atoms. The average Bonchev–Trinajstić information content (AvgIpc) is 3.00. The molecular weight excluding hydrogens is 897 g/mol. The van der Waals surface area contributed by atoms with Crippen LogP contribution in [0.5, 0.6) is 0 Å². The van der Waals surface area contributed by atoms with Crippen molar-refractivity contribution in [3.05, 3.63) is 0 Å².